The molecule has 4 nitrogen and oxygen atoms in total. The molecule has 0 saturated carbocycles. The first-order valence-electron chi connectivity index (χ1n) is 9.85. The van der Waals surface area contributed by atoms with Gasteiger partial charge in [-0.15, -0.1) is 0 Å². The van der Waals surface area contributed by atoms with E-state index in [4.69, 9.17) is 11.6 Å². The van der Waals surface area contributed by atoms with Crippen molar-refractivity contribution in [3.05, 3.63) is 105 Å². The highest BCUT2D eigenvalue weighted by atomic mass is 79.9. The lowest BCUT2D eigenvalue weighted by Gasteiger charge is -2.11. The Kier molecular flexibility index (Phi) is 5.67. The van der Waals surface area contributed by atoms with Gasteiger partial charge in [-0.05, 0) is 65.9 Å². The molecule has 1 saturated heterocycles. The van der Waals surface area contributed by atoms with Crippen molar-refractivity contribution >= 4 is 73.1 Å². The van der Waals surface area contributed by atoms with E-state index < -0.39 is 0 Å². The van der Waals surface area contributed by atoms with Crippen LogP contribution < -0.4 is 4.90 Å². The molecular formula is C25H16BrClN2O2S. The first kappa shape index (κ1) is 21.1. The summed E-state index contributed by atoms with van der Waals surface area (Å²) in [6.07, 6.45) is 3.82. The second-order valence-corrected chi connectivity index (χ2v) is 9.70. The van der Waals surface area contributed by atoms with Crippen LogP contribution in [0.2, 0.25) is 5.02 Å². The molecule has 0 unspecified atom stereocenters. The molecule has 0 atom stereocenters. The van der Waals surface area contributed by atoms with Crippen LogP contribution in [0.5, 0.6) is 0 Å². The number of para-hydroxylation sites is 1. The summed E-state index contributed by atoms with van der Waals surface area (Å²) < 4.78 is 3.08. The second kappa shape index (κ2) is 8.62. The number of hydrogen-bond donors (Lipinski definition) is 0. The Bertz CT molecular complexity index is 1380. The summed E-state index contributed by atoms with van der Waals surface area (Å²) >= 11 is 10.5. The standard InChI is InChI=1S/C25H16BrClN2O2S/c26-18-8-11-22-21(13-18)17(15-28(22)14-16-6-9-19(27)10-7-16)12-23-24(30)29(25(31)32-23)20-4-2-1-3-5-20/h1-13,15H,14H2/b23-12-. The molecule has 1 aromatic heterocycles. The molecule has 1 aliphatic heterocycles. The van der Waals surface area contributed by atoms with Gasteiger partial charge in [0.05, 0.1) is 10.6 Å². The zero-order valence-electron chi connectivity index (χ0n) is 16.7. The van der Waals surface area contributed by atoms with E-state index in [2.05, 4.69) is 20.5 Å². The minimum atomic E-state index is -0.306. The number of amides is 2. The highest BCUT2D eigenvalue weighted by Crippen LogP contribution is 2.37. The summed E-state index contributed by atoms with van der Waals surface area (Å²) in [6, 6.07) is 22.8. The average Bonchev–Trinajstić information content (AvgIpc) is 3.26. The van der Waals surface area contributed by atoms with Crippen molar-refractivity contribution in [1.82, 2.24) is 4.57 Å². The molecule has 1 fully saturated rings. The Balaban J connectivity index is 1.55. The maximum absolute atomic E-state index is 13.0. The summed E-state index contributed by atoms with van der Waals surface area (Å²) in [4.78, 5) is 27.3. The smallest absolute Gasteiger partial charge is 0.298 e. The number of aromatic nitrogens is 1. The van der Waals surface area contributed by atoms with Crippen LogP contribution in [-0.4, -0.2) is 15.7 Å². The van der Waals surface area contributed by atoms with Crippen LogP contribution in [0.15, 0.2) is 88.4 Å². The Labute approximate surface area is 202 Å². The molecule has 2 amide bonds. The van der Waals surface area contributed by atoms with Crippen LogP contribution in [-0.2, 0) is 11.3 Å². The minimum absolute atomic E-state index is 0.293. The van der Waals surface area contributed by atoms with Gasteiger partial charge in [0, 0.05) is 38.7 Å². The Morgan fingerprint density at radius 2 is 1.72 bits per heavy atom. The zero-order valence-corrected chi connectivity index (χ0v) is 19.8. The van der Waals surface area contributed by atoms with Crippen LogP contribution in [0.3, 0.4) is 0 Å². The van der Waals surface area contributed by atoms with Gasteiger partial charge in [-0.3, -0.25) is 9.59 Å². The van der Waals surface area contributed by atoms with Gasteiger partial charge in [-0.1, -0.05) is 57.9 Å². The molecule has 7 heteroatoms. The summed E-state index contributed by atoms with van der Waals surface area (Å²) in [7, 11) is 0. The van der Waals surface area contributed by atoms with Crippen LogP contribution >= 0.6 is 39.3 Å². The number of anilines is 1. The fourth-order valence-electron chi connectivity index (χ4n) is 3.74. The predicted octanol–water partition coefficient (Wildman–Crippen LogP) is 7.35. The van der Waals surface area contributed by atoms with Crippen molar-refractivity contribution in [3.8, 4) is 0 Å². The molecule has 3 aromatic carbocycles. The van der Waals surface area contributed by atoms with Crippen LogP contribution in [0, 0.1) is 0 Å². The number of hydrogen-bond acceptors (Lipinski definition) is 3. The fraction of sp³-hybridized carbons (Fsp3) is 0.0400. The molecule has 2 heterocycles. The number of imide groups is 1. The van der Waals surface area contributed by atoms with E-state index in [1.54, 1.807) is 18.2 Å². The third-order valence-electron chi connectivity index (χ3n) is 5.23. The van der Waals surface area contributed by atoms with E-state index in [1.807, 2.05) is 66.9 Å². The maximum atomic E-state index is 13.0. The van der Waals surface area contributed by atoms with E-state index in [1.165, 1.54) is 4.90 Å². The lowest BCUT2D eigenvalue weighted by atomic mass is 10.1. The Hall–Kier alpha value is -2.80. The molecule has 158 valence electrons. The van der Waals surface area contributed by atoms with Crippen molar-refractivity contribution in [2.24, 2.45) is 0 Å². The maximum Gasteiger partial charge on any atom is 0.298 e. The van der Waals surface area contributed by atoms with E-state index in [-0.39, 0.29) is 11.1 Å². The molecular weight excluding hydrogens is 508 g/mol. The SMILES string of the molecule is O=C1S/C(=C\c2cn(Cc3ccc(Cl)cc3)c3ccc(Br)cc23)C(=O)N1c1ccccc1. The number of benzene rings is 3. The largest absolute Gasteiger partial charge is 0.342 e. The molecule has 32 heavy (non-hydrogen) atoms. The zero-order chi connectivity index (χ0) is 22.2. The van der Waals surface area contributed by atoms with Crippen molar-refractivity contribution in [2.75, 3.05) is 4.90 Å². The first-order chi connectivity index (χ1) is 15.5. The highest BCUT2D eigenvalue weighted by molar-refractivity contribution is 9.10. The van der Waals surface area contributed by atoms with Crippen molar-refractivity contribution in [1.29, 1.82) is 0 Å². The van der Waals surface area contributed by atoms with Crippen molar-refractivity contribution in [2.45, 2.75) is 6.54 Å². The molecule has 0 bridgehead atoms. The van der Waals surface area contributed by atoms with Gasteiger partial charge in [0.15, 0.2) is 0 Å². The number of nitrogens with zero attached hydrogens (tertiary/aromatic N) is 2. The van der Waals surface area contributed by atoms with Crippen molar-refractivity contribution < 1.29 is 9.59 Å². The van der Waals surface area contributed by atoms with Gasteiger partial charge in [0.25, 0.3) is 11.1 Å². The average molecular weight is 524 g/mol. The lowest BCUT2D eigenvalue weighted by Crippen LogP contribution is -2.27. The van der Waals surface area contributed by atoms with E-state index in [0.717, 1.165) is 38.3 Å². The quantitative estimate of drug-likeness (QED) is 0.263. The third-order valence-corrected chi connectivity index (χ3v) is 6.85. The molecule has 1 aliphatic rings. The highest BCUT2D eigenvalue weighted by Gasteiger charge is 2.36. The third kappa shape index (κ3) is 4.01. The minimum Gasteiger partial charge on any atom is -0.342 e. The first-order valence-corrected chi connectivity index (χ1v) is 11.8. The molecule has 5 rings (SSSR count). The Morgan fingerprint density at radius 1 is 0.969 bits per heavy atom. The van der Waals surface area contributed by atoms with Gasteiger partial charge < -0.3 is 4.57 Å². The van der Waals surface area contributed by atoms with Crippen LogP contribution in [0.25, 0.3) is 17.0 Å². The summed E-state index contributed by atoms with van der Waals surface area (Å²) in [5, 5.41) is 1.41. The number of rotatable bonds is 4. The topological polar surface area (TPSA) is 42.3 Å². The van der Waals surface area contributed by atoms with Gasteiger partial charge in [0.2, 0.25) is 0 Å². The summed E-state index contributed by atoms with van der Waals surface area (Å²) in [5.41, 5.74) is 3.61. The number of halogens is 2. The van der Waals surface area contributed by atoms with Crippen LogP contribution in [0.1, 0.15) is 11.1 Å². The Morgan fingerprint density at radius 3 is 2.47 bits per heavy atom. The number of carbonyl (C=O) groups is 2. The summed E-state index contributed by atoms with van der Waals surface area (Å²) in [5.74, 6) is -0.306. The lowest BCUT2D eigenvalue weighted by molar-refractivity contribution is -0.113. The van der Waals surface area contributed by atoms with E-state index in [9.17, 15) is 9.59 Å². The van der Waals surface area contributed by atoms with Gasteiger partial charge in [0.1, 0.15) is 0 Å². The molecule has 0 aliphatic carbocycles. The van der Waals surface area contributed by atoms with Gasteiger partial charge in [-0.25, -0.2) is 4.90 Å². The molecule has 0 radical (unpaired) electrons. The van der Waals surface area contributed by atoms with E-state index >= 15 is 0 Å². The van der Waals surface area contributed by atoms with Crippen molar-refractivity contribution in [3.63, 3.8) is 0 Å². The molecule has 0 N–H and O–H groups in total. The summed E-state index contributed by atoms with van der Waals surface area (Å²) in [6.45, 7) is 0.661. The number of thioether (sulfide) groups is 1. The molecule has 0 spiro atoms. The fourth-order valence-corrected chi connectivity index (χ4v) is 5.06. The molecule has 4 aromatic rings. The van der Waals surface area contributed by atoms with Crippen LogP contribution in [0.4, 0.5) is 10.5 Å². The van der Waals surface area contributed by atoms with Gasteiger partial charge >= 0.3 is 0 Å². The number of carbonyl (C=O) groups excluding carboxylic acids is 2. The predicted molar refractivity (Wildman–Crippen MR) is 135 cm³/mol. The number of fused-ring (bicyclic) bond motifs is 1. The normalized spacial score (nSPS) is 15.3. The van der Waals surface area contributed by atoms with E-state index in [0.29, 0.717) is 22.2 Å². The van der Waals surface area contributed by atoms with Gasteiger partial charge in [-0.2, -0.15) is 0 Å². The monoisotopic (exact) mass is 522 g/mol. The second-order valence-electron chi connectivity index (χ2n) is 7.35.